The predicted molar refractivity (Wildman–Crippen MR) is 232 cm³/mol. The van der Waals surface area contributed by atoms with Gasteiger partial charge in [0.05, 0.1) is 26.1 Å². The van der Waals surface area contributed by atoms with Crippen molar-refractivity contribution in [1.29, 1.82) is 0 Å². The minimum Gasteiger partial charge on any atom is -0.455 e. The van der Waals surface area contributed by atoms with Gasteiger partial charge in [0.2, 0.25) is 0 Å². The lowest BCUT2D eigenvalue weighted by Crippen LogP contribution is -2.43. The van der Waals surface area contributed by atoms with E-state index in [4.69, 9.17) is 60.0 Å². The highest BCUT2D eigenvalue weighted by Gasteiger charge is 2.54. The van der Waals surface area contributed by atoms with E-state index in [1.54, 1.807) is 30.3 Å². The molecule has 0 saturated carbocycles. The van der Waals surface area contributed by atoms with Gasteiger partial charge in [-0.25, -0.2) is 33.7 Å². The fourth-order valence-corrected chi connectivity index (χ4v) is 9.77. The van der Waals surface area contributed by atoms with Crippen molar-refractivity contribution in [3.05, 3.63) is 94.0 Å². The number of aliphatic hydroxyl groups is 4. The molecule has 7 heterocycles. The van der Waals surface area contributed by atoms with Gasteiger partial charge in [-0.05, 0) is 24.1 Å². The lowest BCUT2D eigenvalue weighted by molar-refractivity contribution is -0.158. The topological polar surface area (TPSA) is 464 Å². The molecule has 4 aromatic heterocycles. The molecule has 70 heavy (non-hydrogen) atoms. The maximum Gasteiger partial charge on any atom is 0.472 e. The molecule has 1 aromatic carbocycles. The minimum atomic E-state index is -5.51. The number of aliphatic hydroxyl groups excluding tert-OH is 4. The maximum atomic E-state index is 13.8. The zero-order chi connectivity index (χ0) is 50.2. The molecule has 15 atom stereocenters. The van der Waals surface area contributed by atoms with Crippen molar-refractivity contribution in [2.24, 2.45) is 5.73 Å². The Morgan fingerprint density at radius 2 is 1.21 bits per heavy atom. The van der Waals surface area contributed by atoms with E-state index >= 15 is 0 Å². The van der Waals surface area contributed by atoms with Crippen LogP contribution in [-0.4, -0.2) is 156 Å². The van der Waals surface area contributed by atoms with Crippen LogP contribution < -0.4 is 34.3 Å². The van der Waals surface area contributed by atoms with Crippen molar-refractivity contribution < 1.29 is 81.2 Å². The molecule has 8 rings (SSSR count). The maximum absolute atomic E-state index is 13.8. The number of carbonyl (C=O) groups is 1. The molecule has 14 N–H and O–H groups in total. The molecule has 2 unspecified atom stereocenters. The van der Waals surface area contributed by atoms with E-state index in [1.165, 1.54) is 17.0 Å². The first-order valence-corrected chi connectivity index (χ1v) is 23.8. The molecule has 3 aliphatic heterocycles. The number of imidazole rings is 1. The number of benzene rings is 1. The third kappa shape index (κ3) is 10.8. The summed E-state index contributed by atoms with van der Waals surface area (Å²) in [5, 5.41) is 44.0. The van der Waals surface area contributed by atoms with Gasteiger partial charge >= 0.3 is 33.0 Å². The number of anilines is 3. The Morgan fingerprint density at radius 1 is 0.714 bits per heavy atom. The molecule has 3 fully saturated rings. The zero-order valence-corrected chi connectivity index (χ0v) is 37.7. The molecule has 0 bridgehead atoms. The van der Waals surface area contributed by atoms with Gasteiger partial charge in [-0.15, -0.1) is 0 Å². The van der Waals surface area contributed by atoms with Crippen molar-refractivity contribution in [2.45, 2.75) is 86.1 Å². The number of rotatable bonds is 18. The summed E-state index contributed by atoms with van der Waals surface area (Å²) in [5.74, 6) is -1.40. The summed E-state index contributed by atoms with van der Waals surface area (Å²) in [7, 11) is -10.9. The van der Waals surface area contributed by atoms with Gasteiger partial charge in [-0.2, -0.15) is 9.97 Å². The van der Waals surface area contributed by atoms with Crippen LogP contribution in [0.4, 0.5) is 17.5 Å². The third-order valence-electron chi connectivity index (χ3n) is 11.2. The zero-order valence-electron chi connectivity index (χ0n) is 36.0. The average molecular weight is 1020 g/mol. The van der Waals surface area contributed by atoms with Crippen molar-refractivity contribution in [2.75, 3.05) is 37.0 Å². The standard InChI is InChI=1S/C37H46N12O19P2/c38-17(10-16-4-2-1-3-5-16)35(54)66-27-19(64-34(24(27)51)49-15-44-23-30(41)42-14-43-31(23)49)12-61-70(59,60)68-29-20(65-33(26(29)53)48-9-7-22(40)46-37(48)56)13-62-69(57,58)67-28-18(11-50)63-32(25(28)52)47-8-6-21(39)45-36(47)55/h1-9,14-15,17-20,24-29,32-34,50-53H,10-13,38H2,(H,57,58)(H,59,60)(H2,39,45,55)(H2,40,46,56)(H2,41,42,43)/t17-,18+,19+,20+,24+,25+,26+,27+,28+,29+,32+,33+,34+/m0/s1. The Bertz CT molecular complexity index is 2900. The Kier molecular flexibility index (Phi) is 14.9. The summed E-state index contributed by atoms with van der Waals surface area (Å²) < 4.78 is 73.9. The molecule has 0 spiro atoms. The largest absolute Gasteiger partial charge is 0.472 e. The molecule has 3 saturated heterocycles. The second kappa shape index (κ2) is 20.6. The van der Waals surface area contributed by atoms with Gasteiger partial charge < -0.3 is 72.1 Å². The summed E-state index contributed by atoms with van der Waals surface area (Å²) in [4.78, 5) is 80.0. The van der Waals surface area contributed by atoms with E-state index < -0.39 is 132 Å². The first-order valence-electron chi connectivity index (χ1n) is 20.8. The number of nitrogens with two attached hydrogens (primary N) is 4. The summed E-state index contributed by atoms with van der Waals surface area (Å²) in [5.41, 5.74) is 22.1. The van der Waals surface area contributed by atoms with Crippen LogP contribution in [0.3, 0.4) is 0 Å². The van der Waals surface area contributed by atoms with Crippen molar-refractivity contribution in [3.8, 4) is 0 Å². The van der Waals surface area contributed by atoms with Crippen LogP contribution in [0.15, 0.2) is 77.1 Å². The highest BCUT2D eigenvalue weighted by molar-refractivity contribution is 7.47. The molecular weight excluding hydrogens is 978 g/mol. The summed E-state index contributed by atoms with van der Waals surface area (Å²) >= 11 is 0. The molecule has 3 aliphatic rings. The van der Waals surface area contributed by atoms with Gasteiger partial charge in [0.1, 0.15) is 78.4 Å². The normalized spacial score (nSPS) is 30.0. The van der Waals surface area contributed by atoms with Gasteiger partial charge in [-0.1, -0.05) is 30.3 Å². The van der Waals surface area contributed by atoms with Crippen LogP contribution in [0.2, 0.25) is 0 Å². The fraction of sp³-hybridized carbons (Fsp3) is 0.459. The molecule has 31 nitrogen and oxygen atoms in total. The predicted octanol–water partition coefficient (Wildman–Crippen LogP) is -3.66. The lowest BCUT2D eigenvalue weighted by atomic mass is 10.1. The Balaban J connectivity index is 0.998. The second-order valence-corrected chi connectivity index (χ2v) is 18.7. The number of aromatic nitrogens is 8. The van der Waals surface area contributed by atoms with Crippen molar-refractivity contribution in [3.63, 3.8) is 0 Å². The van der Waals surface area contributed by atoms with Crippen LogP contribution in [0, 0.1) is 0 Å². The quantitative estimate of drug-likeness (QED) is 0.0299. The van der Waals surface area contributed by atoms with Crippen LogP contribution in [0.1, 0.15) is 24.2 Å². The van der Waals surface area contributed by atoms with E-state index in [-0.39, 0.29) is 35.0 Å². The van der Waals surface area contributed by atoms with E-state index in [1.807, 2.05) is 0 Å². The van der Waals surface area contributed by atoms with E-state index in [9.17, 15) is 53.7 Å². The second-order valence-electron chi connectivity index (χ2n) is 15.9. The monoisotopic (exact) mass is 1020 g/mol. The number of ether oxygens (including phenoxy) is 4. The van der Waals surface area contributed by atoms with Crippen molar-refractivity contribution >= 4 is 50.2 Å². The highest BCUT2D eigenvalue weighted by Crippen LogP contribution is 2.52. The lowest BCUT2D eigenvalue weighted by Gasteiger charge is -2.26. The van der Waals surface area contributed by atoms with E-state index in [2.05, 4.69) is 24.9 Å². The first kappa shape index (κ1) is 50.7. The Morgan fingerprint density at radius 3 is 1.76 bits per heavy atom. The number of esters is 1. The number of fused-ring (bicyclic) bond motifs is 1. The molecule has 33 heteroatoms. The Hall–Kier alpha value is -5.70. The van der Waals surface area contributed by atoms with Gasteiger partial charge in [-0.3, -0.25) is 36.6 Å². The molecule has 0 amide bonds. The van der Waals surface area contributed by atoms with Gasteiger partial charge in [0.15, 0.2) is 36.3 Å². The first-order chi connectivity index (χ1) is 33.2. The molecule has 378 valence electrons. The molecule has 0 radical (unpaired) electrons. The molecule has 5 aromatic rings. The molecule has 0 aliphatic carbocycles. The van der Waals surface area contributed by atoms with Crippen LogP contribution in [0.25, 0.3) is 11.2 Å². The summed E-state index contributed by atoms with van der Waals surface area (Å²) in [6.45, 7) is -3.01. The summed E-state index contributed by atoms with van der Waals surface area (Å²) in [6, 6.07) is 9.77. The Labute approximate surface area is 392 Å². The van der Waals surface area contributed by atoms with Crippen LogP contribution >= 0.6 is 15.6 Å². The summed E-state index contributed by atoms with van der Waals surface area (Å²) in [6.07, 6.45) is -16.6. The molecular formula is C37H46N12O19P2. The van der Waals surface area contributed by atoms with Crippen molar-refractivity contribution in [1.82, 2.24) is 38.6 Å². The number of phosphoric ester groups is 2. The SMILES string of the molecule is Nc1ccn([C@@H]2O[C@H](CO)[C@@H](OP(=O)(O)OC[C@H]3O[C@@H](n4ccc(N)nc4=O)[C@H](O)[C@@H]3OP(=O)(O)OC[C@H]3O[C@@H](n4cnc5c(N)ncnc54)[C@H](O)[C@@H]3OC(=O)[C@@H](N)Cc3ccccc3)[C@H]2O)c(=O)n1. The number of hydrogen-bond acceptors (Lipinski definition) is 26. The number of nitrogen functional groups attached to an aromatic ring is 3. The number of phosphoric acid groups is 2. The van der Waals surface area contributed by atoms with Gasteiger partial charge in [0, 0.05) is 12.4 Å². The minimum absolute atomic E-state index is 0.0154. The average Bonchev–Trinajstić information content (AvgIpc) is 4.05. The smallest absolute Gasteiger partial charge is 0.455 e. The number of hydrogen-bond donors (Lipinski definition) is 10. The fourth-order valence-electron chi connectivity index (χ4n) is 7.84. The highest BCUT2D eigenvalue weighted by atomic mass is 31.2. The van der Waals surface area contributed by atoms with E-state index in [0.717, 1.165) is 33.9 Å². The van der Waals surface area contributed by atoms with Crippen LogP contribution in [0.5, 0.6) is 0 Å². The van der Waals surface area contributed by atoms with E-state index in [0.29, 0.717) is 5.56 Å². The number of carbonyl (C=O) groups excluding carboxylic acids is 1. The van der Waals surface area contributed by atoms with Gasteiger partial charge in [0.25, 0.3) is 0 Å². The third-order valence-corrected chi connectivity index (χ3v) is 13.2. The van der Waals surface area contributed by atoms with Crippen LogP contribution in [-0.2, 0) is 57.4 Å². The number of nitrogens with zero attached hydrogens (tertiary/aromatic N) is 8.